The van der Waals surface area contributed by atoms with Gasteiger partial charge in [-0.3, -0.25) is 19.2 Å². The minimum Gasteiger partial charge on any atom is -0.508 e. The number of hydrogen-bond donors (Lipinski definition) is 4. The van der Waals surface area contributed by atoms with Crippen molar-refractivity contribution in [3.8, 4) is 23.0 Å². The van der Waals surface area contributed by atoms with Crippen molar-refractivity contribution < 1.29 is 96.7 Å². The Kier molecular flexibility index (Phi) is 51.0. The molecule has 132 heavy (non-hydrogen) atoms. The van der Waals surface area contributed by atoms with Crippen LogP contribution in [0.1, 0.15) is 374 Å². The van der Waals surface area contributed by atoms with Crippen molar-refractivity contribution in [1.29, 1.82) is 0 Å². The van der Waals surface area contributed by atoms with E-state index in [0.29, 0.717) is 72.4 Å². The van der Waals surface area contributed by atoms with Crippen molar-refractivity contribution in [3.63, 3.8) is 0 Å². The fourth-order valence-electron chi connectivity index (χ4n) is 14.6. The molecule has 4 saturated carbocycles. The summed E-state index contributed by atoms with van der Waals surface area (Å²) in [7, 11) is 0. The lowest BCUT2D eigenvalue weighted by Gasteiger charge is -2.37. The molecule has 0 spiro atoms. The predicted octanol–water partition coefficient (Wildman–Crippen LogP) is 27.1. The molecule has 6 aromatic rings. The molecule has 4 unspecified atom stereocenters. The number of phenolic OH excluding ortho intramolecular Hbond substituents is 4. The molecule has 4 aliphatic carbocycles. The summed E-state index contributed by atoms with van der Waals surface area (Å²) < 4.78 is 43.0. The summed E-state index contributed by atoms with van der Waals surface area (Å²) in [6.45, 7) is 47.8. The minimum atomic E-state index is -0.588. The van der Waals surface area contributed by atoms with Crippen LogP contribution in [0.25, 0.3) is 0 Å². The van der Waals surface area contributed by atoms with Crippen LogP contribution < -0.4 is 0 Å². The van der Waals surface area contributed by atoms with E-state index < -0.39 is 67.9 Å². The largest absolute Gasteiger partial charge is 0.508 e. The predicted molar refractivity (Wildman–Crippen MR) is 526 cm³/mol. The molecule has 0 heterocycles. The quantitative estimate of drug-likeness (QED) is 0.0173. The van der Waals surface area contributed by atoms with Gasteiger partial charge < -0.3 is 58.3 Å². The zero-order valence-corrected chi connectivity index (χ0v) is 84.1. The first-order chi connectivity index (χ1) is 62.3. The van der Waals surface area contributed by atoms with Gasteiger partial charge in [0.2, 0.25) is 0 Å². The fraction of sp³-hybridized carbons (Fsp3) is 0.571. The van der Waals surface area contributed by atoms with Gasteiger partial charge in [-0.15, -0.1) is 0 Å². The van der Waals surface area contributed by atoms with E-state index in [-0.39, 0.29) is 50.3 Å². The molecular weight excluding hydrogens is 1670 g/mol. The van der Waals surface area contributed by atoms with Crippen LogP contribution in [0.3, 0.4) is 0 Å². The van der Waals surface area contributed by atoms with E-state index in [1.54, 1.807) is 88.4 Å². The molecule has 0 amide bonds. The molecule has 0 aliphatic heterocycles. The number of ether oxygens (including phenoxy) is 8. The van der Waals surface area contributed by atoms with E-state index in [0.717, 1.165) is 159 Å². The Balaban J connectivity index is 0.000000397. The Bertz CT molecular complexity index is 4160. The molecule has 6 aromatic carbocycles. The van der Waals surface area contributed by atoms with Crippen LogP contribution in [-0.4, -0.2) is 106 Å². The molecule has 4 atom stereocenters. The Labute approximate surface area is 791 Å². The minimum absolute atomic E-state index is 0.322. The molecule has 732 valence electrons. The number of aryl methyl sites for hydroxylation is 1. The van der Waals surface area contributed by atoms with Crippen LogP contribution in [0.2, 0.25) is 0 Å². The summed E-state index contributed by atoms with van der Waals surface area (Å²) in [4.78, 5) is 95.9. The summed E-state index contributed by atoms with van der Waals surface area (Å²) in [5.41, 5.74) is 3.84. The van der Waals surface area contributed by atoms with E-state index in [1.807, 2.05) is 165 Å². The van der Waals surface area contributed by atoms with Gasteiger partial charge in [0.25, 0.3) is 0 Å². The molecule has 0 aromatic heterocycles. The summed E-state index contributed by atoms with van der Waals surface area (Å²) in [6.07, 6.45) is 28.8. The van der Waals surface area contributed by atoms with Crippen molar-refractivity contribution in [2.75, 3.05) is 26.4 Å². The van der Waals surface area contributed by atoms with E-state index in [9.17, 15) is 38.4 Å². The molecule has 4 fully saturated rings. The third-order valence-electron chi connectivity index (χ3n) is 26.7. The highest BCUT2D eigenvalue weighted by Gasteiger charge is 2.42. The van der Waals surface area contributed by atoms with E-state index in [2.05, 4.69) is 68.5 Å². The molecule has 0 radical (unpaired) electrons. The van der Waals surface area contributed by atoms with E-state index >= 15 is 0 Å². The Morgan fingerprint density at radius 3 is 0.742 bits per heavy atom. The van der Waals surface area contributed by atoms with Crippen molar-refractivity contribution in [2.24, 2.45) is 21.7 Å². The number of hydrogen-bond acceptors (Lipinski definition) is 20. The normalized spacial score (nSPS) is 15.9. The highest BCUT2D eigenvalue weighted by atomic mass is 16.6. The third-order valence-corrected chi connectivity index (χ3v) is 26.7. The number of aromatic hydroxyl groups is 4. The van der Waals surface area contributed by atoms with Gasteiger partial charge in [0, 0.05) is 0 Å². The molecule has 4 N–H and O–H groups in total. The van der Waals surface area contributed by atoms with Gasteiger partial charge in [-0.2, -0.15) is 0 Å². The van der Waals surface area contributed by atoms with Gasteiger partial charge in [0.05, 0.1) is 21.7 Å². The van der Waals surface area contributed by atoms with Crippen molar-refractivity contribution in [1.82, 2.24) is 0 Å². The first-order valence-corrected chi connectivity index (χ1v) is 48.5. The topological polar surface area (TPSA) is 291 Å². The maximum atomic E-state index is 12.4. The lowest BCUT2D eigenvalue weighted by atomic mass is 9.79. The highest BCUT2D eigenvalue weighted by molar-refractivity contribution is 5.82. The summed E-state index contributed by atoms with van der Waals surface area (Å²) in [5.74, 6) is 0.358. The Hall–Kier alpha value is -10.2. The maximum absolute atomic E-state index is 12.4. The molecule has 20 nitrogen and oxygen atoms in total. The van der Waals surface area contributed by atoms with Crippen LogP contribution >= 0.6 is 0 Å². The van der Waals surface area contributed by atoms with Gasteiger partial charge in [-0.05, 0) is 334 Å². The molecular formula is C112H164O20. The van der Waals surface area contributed by atoms with Crippen molar-refractivity contribution >= 4 is 47.8 Å². The van der Waals surface area contributed by atoms with Crippen LogP contribution in [0.15, 0.2) is 177 Å². The number of esters is 8. The maximum Gasteiger partial charge on any atom is 0.345 e. The van der Waals surface area contributed by atoms with Crippen molar-refractivity contribution in [3.05, 3.63) is 216 Å². The van der Waals surface area contributed by atoms with E-state index in [1.165, 1.54) is 27.8 Å². The van der Waals surface area contributed by atoms with Crippen LogP contribution in [0.5, 0.6) is 23.0 Å². The molecule has 20 heteroatoms. The lowest BCUT2D eigenvalue weighted by Crippen LogP contribution is -2.37. The number of carbonyl (C=O) groups is 8. The molecule has 0 saturated heterocycles. The van der Waals surface area contributed by atoms with Crippen LogP contribution in [0.4, 0.5) is 0 Å². The van der Waals surface area contributed by atoms with Gasteiger partial charge in [0.15, 0.2) is 26.4 Å². The Morgan fingerprint density at radius 2 is 0.523 bits per heavy atom. The second-order valence-electron chi connectivity index (χ2n) is 38.4. The molecule has 0 bridgehead atoms. The Morgan fingerprint density at radius 1 is 0.311 bits per heavy atom. The fourth-order valence-corrected chi connectivity index (χ4v) is 14.6. The van der Waals surface area contributed by atoms with Crippen molar-refractivity contribution in [2.45, 2.75) is 365 Å². The second-order valence-corrected chi connectivity index (χ2v) is 38.4. The average molecular weight is 1830 g/mol. The molecule has 4 aliphatic rings. The summed E-state index contributed by atoms with van der Waals surface area (Å²) in [6, 6.07) is 47.8. The zero-order chi connectivity index (χ0) is 98.9. The first-order valence-electron chi connectivity index (χ1n) is 48.5. The first kappa shape index (κ1) is 116. The number of benzene rings is 6. The van der Waals surface area contributed by atoms with Crippen LogP contribution in [-0.2, 0) is 87.5 Å². The second kappa shape index (κ2) is 58.0. The van der Waals surface area contributed by atoms with E-state index in [4.69, 9.17) is 58.3 Å². The summed E-state index contributed by atoms with van der Waals surface area (Å²) in [5, 5.41) is 36.0. The van der Waals surface area contributed by atoms with Crippen LogP contribution in [0, 0.1) is 28.6 Å². The lowest BCUT2D eigenvalue weighted by molar-refractivity contribution is -0.177. The summed E-state index contributed by atoms with van der Waals surface area (Å²) >= 11 is 0. The standard InChI is InChI=1S/C21H30O4.C20H28O4.C16H26O4.C15H24O4.4C10H14O/c1-5-20(3,4)19(23)24-15-18(22)25-21(13-7-6-8-14-21)17-11-9-16(2)10-12-17;1-4-19(2,3)18(22)23-15-17(21)24-20(13-9-6-10-14-20)16-11-7-5-8-12-16;1-5-15(3,4)14(18)19-12-13(17)20-16(6-2)10-8-7-9-11-16;1-5-14(3,4)13(17)18-11-12(16)19-15(6-2)9-7-8-10-15;4*1-3-8(2)9-4-6-10(11)7-5-9/h9-12H,5-8,13-15H2,1-4H3;5,7-8,11-12H,4,6,9-10,13-15H2,1-3H3;6H,2,5,7-12H2,1,3-4H3;6H,2,5,7-11H2,1,3-4H3;4*4-8,11H,3H2,1-2H3. The SMILES string of the molecule is C=CC1(OC(=O)COC(=O)C(C)(C)CC)CCCC1.C=CC1(OC(=O)COC(=O)C(C)(C)CC)CCCCC1.CCC(C)(C)C(=O)OCC(=O)OC1(c2ccc(C)cc2)CCCCC1.CCC(C)(C)C(=O)OCC(=O)OC1(c2ccccc2)CCCCC1.CCC(C)c1ccc(O)cc1.CCC(C)c1ccc(O)cc1.CCC(C)c1ccc(O)cc1.CCC(C)c1ccc(O)cc1. The average Bonchev–Trinajstić information content (AvgIpc) is 0.808. The number of phenols is 4. The van der Waals surface area contributed by atoms with Gasteiger partial charge in [0.1, 0.15) is 45.4 Å². The monoisotopic (exact) mass is 1830 g/mol. The third kappa shape index (κ3) is 40.3. The number of rotatable bonds is 32. The van der Waals surface area contributed by atoms with Gasteiger partial charge in [-0.25, -0.2) is 19.2 Å². The smallest absolute Gasteiger partial charge is 0.345 e. The zero-order valence-electron chi connectivity index (χ0n) is 84.1. The number of carbonyl (C=O) groups excluding carboxylic acids is 8. The highest BCUT2D eigenvalue weighted by Crippen LogP contribution is 2.44. The van der Waals surface area contributed by atoms with Gasteiger partial charge >= 0.3 is 47.8 Å². The van der Waals surface area contributed by atoms with Gasteiger partial charge in [-0.1, -0.05) is 224 Å². The molecule has 10 rings (SSSR count).